The Bertz CT molecular complexity index is 907. The average molecular weight is 391 g/mol. The van der Waals surface area contributed by atoms with Gasteiger partial charge in [0, 0.05) is 10.9 Å². The van der Waals surface area contributed by atoms with Crippen molar-refractivity contribution in [1.29, 1.82) is 0 Å². The van der Waals surface area contributed by atoms with Gasteiger partial charge in [-0.05, 0) is 19.1 Å². The highest BCUT2D eigenvalue weighted by molar-refractivity contribution is 7.14. The molecule has 1 N–H and O–H groups in total. The van der Waals surface area contributed by atoms with Crippen molar-refractivity contribution in [2.24, 2.45) is 0 Å². The van der Waals surface area contributed by atoms with E-state index in [1.807, 2.05) is 47.2 Å². The molecule has 6 nitrogen and oxygen atoms in total. The molecular weight excluding hydrogens is 372 g/mol. The van der Waals surface area contributed by atoms with Crippen LogP contribution in [0.2, 0.25) is 0 Å². The number of carbonyl (C=O) groups is 1. The van der Waals surface area contributed by atoms with Gasteiger partial charge in [0.05, 0.1) is 32.5 Å². The fraction of sp³-hybridized carbons (Fsp3) is 0.278. The maximum atomic E-state index is 12.6. The molecular formula is C18H19ClN4O2S. The summed E-state index contributed by atoms with van der Waals surface area (Å²) in [4.78, 5) is 20.2. The van der Waals surface area contributed by atoms with Gasteiger partial charge < -0.3 is 22.5 Å². The third-order valence-electron chi connectivity index (χ3n) is 4.24. The van der Waals surface area contributed by atoms with E-state index in [0.717, 1.165) is 29.4 Å². The lowest BCUT2D eigenvalue weighted by atomic mass is 10.1. The maximum absolute atomic E-state index is 12.6. The first kappa shape index (κ1) is 18.6. The van der Waals surface area contributed by atoms with Crippen LogP contribution in [0.15, 0.2) is 42.0 Å². The van der Waals surface area contributed by atoms with Crippen molar-refractivity contribution < 1.29 is 26.3 Å². The molecule has 3 aromatic rings. The summed E-state index contributed by atoms with van der Waals surface area (Å²) >= 11 is 1.57. The minimum Gasteiger partial charge on any atom is -1.00 e. The van der Waals surface area contributed by atoms with Gasteiger partial charge in [-0.15, -0.1) is 0 Å². The maximum Gasteiger partial charge on any atom is 0.325 e. The quantitative estimate of drug-likeness (QED) is 0.600. The van der Waals surface area contributed by atoms with Gasteiger partial charge in [0.15, 0.2) is 5.69 Å². The molecule has 0 atom stereocenters. The first-order valence-electron chi connectivity index (χ1n) is 8.21. The number of hydrogen-bond acceptors (Lipinski definition) is 5. The Morgan fingerprint density at radius 1 is 1.27 bits per heavy atom. The van der Waals surface area contributed by atoms with Crippen LogP contribution in [0, 0.1) is 6.92 Å². The summed E-state index contributed by atoms with van der Waals surface area (Å²) in [6.45, 7) is 4.94. The van der Waals surface area contributed by atoms with Crippen LogP contribution >= 0.6 is 11.3 Å². The van der Waals surface area contributed by atoms with Gasteiger partial charge in [-0.2, -0.15) is 4.40 Å². The van der Waals surface area contributed by atoms with Crippen molar-refractivity contribution in [3.63, 3.8) is 0 Å². The van der Waals surface area contributed by atoms with Gasteiger partial charge >= 0.3 is 4.96 Å². The van der Waals surface area contributed by atoms with Crippen LogP contribution in [0.1, 0.15) is 15.9 Å². The van der Waals surface area contributed by atoms with Crippen LogP contribution < -0.4 is 27.0 Å². The molecule has 1 saturated heterocycles. The fourth-order valence-corrected chi connectivity index (χ4v) is 3.60. The number of anilines is 2. The monoisotopic (exact) mass is 390 g/mol. The van der Waals surface area contributed by atoms with Gasteiger partial charge in [-0.3, -0.25) is 9.69 Å². The van der Waals surface area contributed by atoms with Crippen LogP contribution in [-0.4, -0.2) is 37.2 Å². The van der Waals surface area contributed by atoms with Crippen molar-refractivity contribution in [2.75, 3.05) is 36.5 Å². The molecule has 3 heterocycles. The molecule has 136 valence electrons. The molecule has 26 heavy (non-hydrogen) atoms. The topological polar surface area (TPSA) is 58.6 Å². The molecule has 4 rings (SSSR count). The number of rotatable bonds is 3. The van der Waals surface area contributed by atoms with Crippen LogP contribution in [0.5, 0.6) is 0 Å². The lowest BCUT2D eigenvalue weighted by molar-refractivity contribution is -0.495. The largest absolute Gasteiger partial charge is 1.00 e. The molecule has 0 spiro atoms. The van der Waals surface area contributed by atoms with Crippen LogP contribution in [0.3, 0.4) is 0 Å². The molecule has 8 heteroatoms. The van der Waals surface area contributed by atoms with Gasteiger partial charge in [-0.1, -0.05) is 34.0 Å². The highest BCUT2D eigenvalue weighted by atomic mass is 35.5. The normalized spacial score (nSPS) is 14.1. The van der Waals surface area contributed by atoms with Crippen molar-refractivity contribution in [3.8, 4) is 0 Å². The van der Waals surface area contributed by atoms with E-state index in [2.05, 4.69) is 15.2 Å². The Morgan fingerprint density at radius 2 is 2.00 bits per heavy atom. The number of benzene rings is 1. The van der Waals surface area contributed by atoms with E-state index in [0.29, 0.717) is 24.5 Å². The number of aryl methyl sites for hydroxylation is 1. The summed E-state index contributed by atoms with van der Waals surface area (Å²) < 4.78 is 7.49. The summed E-state index contributed by atoms with van der Waals surface area (Å²) in [5, 5.41) is 5.02. The van der Waals surface area contributed by atoms with Gasteiger partial charge in [0.25, 0.3) is 11.7 Å². The second-order valence-electron chi connectivity index (χ2n) is 5.97. The van der Waals surface area contributed by atoms with E-state index in [1.54, 1.807) is 17.5 Å². The molecule has 0 unspecified atom stereocenters. The first-order valence-corrected chi connectivity index (χ1v) is 9.09. The molecule has 0 saturated carbocycles. The highest BCUT2D eigenvalue weighted by Gasteiger charge is 2.26. The average Bonchev–Trinajstić information content (AvgIpc) is 3.11. The number of halogens is 1. The summed E-state index contributed by atoms with van der Waals surface area (Å²) in [5.41, 5.74) is 2.47. The third kappa shape index (κ3) is 3.65. The lowest BCUT2D eigenvalue weighted by Crippen LogP contribution is -3.00. The van der Waals surface area contributed by atoms with Crippen LogP contribution in [0.4, 0.5) is 11.5 Å². The zero-order valence-electron chi connectivity index (χ0n) is 14.3. The van der Waals surface area contributed by atoms with Gasteiger partial charge in [-0.25, -0.2) is 0 Å². The molecule has 1 amide bonds. The first-order chi connectivity index (χ1) is 12.2. The molecule has 0 aliphatic carbocycles. The molecule has 0 bridgehead atoms. The summed E-state index contributed by atoms with van der Waals surface area (Å²) in [5.74, 6) is 0.821. The summed E-state index contributed by atoms with van der Waals surface area (Å²) in [7, 11) is 0. The van der Waals surface area contributed by atoms with Gasteiger partial charge in [0.2, 0.25) is 0 Å². The lowest BCUT2D eigenvalue weighted by Gasteiger charge is -2.25. The summed E-state index contributed by atoms with van der Waals surface area (Å²) in [6.07, 6.45) is 3.72. The summed E-state index contributed by atoms with van der Waals surface area (Å²) in [6, 6.07) is 7.55. The Hall–Kier alpha value is -2.22. The molecule has 2 aromatic heterocycles. The standard InChI is InChI=1S/C18H18N4O2S.ClH/c1-13-2-4-14(5-3-13)16(23)20-15-12-19-18-22(8-11-25-18)17(15)21-6-9-24-10-7-21;/h2-5,8,11-12H,6-7,9-10H2,1H3;1H. The second kappa shape index (κ2) is 7.99. The Morgan fingerprint density at radius 3 is 2.73 bits per heavy atom. The molecule has 1 aromatic carbocycles. The van der Waals surface area contributed by atoms with E-state index >= 15 is 0 Å². The minimum atomic E-state index is -0.133. The number of aromatic nitrogens is 2. The number of ether oxygens (including phenoxy) is 1. The Balaban J connectivity index is 0.00000196. The number of nitrogens with one attached hydrogen (secondary N) is 1. The van der Waals surface area contributed by atoms with Crippen LogP contribution in [0.25, 0.3) is 4.96 Å². The SMILES string of the molecule is Cc1ccc(C(=O)Nc2cnc3scc[n+]3c2N2CCOCC2)cc1.[Cl-]. The third-order valence-corrected chi connectivity index (χ3v) is 5.01. The number of carbonyl (C=O) groups excluding carboxylic acids is 1. The molecule has 1 aliphatic rings. The minimum absolute atomic E-state index is 0. The van der Waals surface area contributed by atoms with E-state index < -0.39 is 0 Å². The van der Waals surface area contributed by atoms with Crippen molar-refractivity contribution in [2.45, 2.75) is 6.92 Å². The zero-order chi connectivity index (χ0) is 17.2. The number of hydrogen-bond donors (Lipinski definition) is 1. The number of fused-ring (bicyclic) bond motifs is 1. The van der Waals surface area contributed by atoms with Crippen molar-refractivity contribution in [3.05, 3.63) is 53.2 Å². The van der Waals surface area contributed by atoms with E-state index in [-0.39, 0.29) is 18.3 Å². The zero-order valence-corrected chi connectivity index (χ0v) is 15.9. The van der Waals surface area contributed by atoms with Gasteiger partial charge in [0.1, 0.15) is 6.20 Å². The predicted octanol–water partition coefficient (Wildman–Crippen LogP) is -0.717. The van der Waals surface area contributed by atoms with E-state index in [4.69, 9.17) is 4.74 Å². The number of nitrogens with zero attached hydrogens (tertiary/aromatic N) is 3. The smallest absolute Gasteiger partial charge is 0.325 e. The Labute approximate surface area is 161 Å². The Kier molecular flexibility index (Phi) is 5.70. The number of amides is 1. The predicted molar refractivity (Wildman–Crippen MR) is 97.4 cm³/mol. The molecule has 1 aliphatic heterocycles. The van der Waals surface area contributed by atoms with Crippen molar-refractivity contribution in [1.82, 2.24) is 4.98 Å². The fourth-order valence-electron chi connectivity index (χ4n) is 2.92. The number of morpholine rings is 1. The van der Waals surface area contributed by atoms with Crippen molar-refractivity contribution >= 4 is 33.7 Å². The second-order valence-corrected chi connectivity index (χ2v) is 6.84. The van der Waals surface area contributed by atoms with E-state index in [9.17, 15) is 4.79 Å². The number of thiazole rings is 1. The van der Waals surface area contributed by atoms with Crippen LogP contribution in [-0.2, 0) is 4.74 Å². The molecule has 1 fully saturated rings. The molecule has 0 radical (unpaired) electrons. The van der Waals surface area contributed by atoms with E-state index in [1.165, 1.54) is 0 Å². The highest BCUT2D eigenvalue weighted by Crippen LogP contribution is 2.24.